The Kier molecular flexibility index (Phi) is 4.12. The van der Waals surface area contributed by atoms with Gasteiger partial charge in [-0.25, -0.2) is 4.39 Å². The Balaban J connectivity index is 3.34. The lowest BCUT2D eigenvalue weighted by Crippen LogP contribution is -2.56. The third kappa shape index (κ3) is 2.61. The third-order valence-corrected chi connectivity index (χ3v) is 2.39. The molecule has 1 aromatic carbocycles. The highest BCUT2D eigenvalue weighted by Crippen LogP contribution is 2.48. The van der Waals surface area contributed by atoms with Crippen molar-refractivity contribution in [2.24, 2.45) is 4.99 Å². The summed E-state index contributed by atoms with van der Waals surface area (Å²) in [5.74, 6) is -12.8. The quantitative estimate of drug-likeness (QED) is 0.589. The average Bonchev–Trinajstić information content (AvgIpc) is 2.30. The zero-order valence-electron chi connectivity index (χ0n) is 9.78. The maximum Gasteiger partial charge on any atom is 0.460 e. The van der Waals surface area contributed by atoms with Gasteiger partial charge in [-0.15, -0.1) is 0 Å². The van der Waals surface area contributed by atoms with Crippen LogP contribution >= 0.6 is 0 Å². The Hall–Kier alpha value is -1.67. The highest BCUT2D eigenvalue weighted by atomic mass is 19.4. The van der Waals surface area contributed by atoms with Crippen molar-refractivity contribution in [2.75, 3.05) is 7.05 Å². The molecule has 1 aromatic rings. The second-order valence-electron chi connectivity index (χ2n) is 3.73. The van der Waals surface area contributed by atoms with Gasteiger partial charge >= 0.3 is 18.0 Å². The number of benzene rings is 1. The second-order valence-corrected chi connectivity index (χ2v) is 3.73. The second kappa shape index (κ2) is 5.02. The van der Waals surface area contributed by atoms with E-state index in [0.29, 0.717) is 31.3 Å². The van der Waals surface area contributed by atoms with Crippen LogP contribution in [0.25, 0.3) is 0 Å². The number of nitrogens with zero attached hydrogens (tertiary/aromatic N) is 1. The van der Waals surface area contributed by atoms with E-state index in [4.69, 9.17) is 0 Å². The summed E-state index contributed by atoms with van der Waals surface area (Å²) in [5, 5.41) is 0. The van der Waals surface area contributed by atoms with Crippen LogP contribution < -0.4 is 0 Å². The summed E-state index contributed by atoms with van der Waals surface area (Å²) in [6.07, 6.45) is -6.45. The topological polar surface area (TPSA) is 12.4 Å². The van der Waals surface area contributed by atoms with Crippen LogP contribution in [0.4, 0.5) is 35.1 Å². The van der Waals surface area contributed by atoms with Crippen LogP contribution in [-0.4, -0.2) is 30.8 Å². The molecule has 112 valence electrons. The van der Waals surface area contributed by atoms with E-state index in [1.165, 1.54) is 0 Å². The molecule has 0 unspecified atom stereocenters. The van der Waals surface area contributed by atoms with Crippen molar-refractivity contribution in [3.05, 3.63) is 35.6 Å². The van der Waals surface area contributed by atoms with Crippen molar-refractivity contribution in [2.45, 2.75) is 18.0 Å². The Morgan fingerprint density at radius 1 is 0.900 bits per heavy atom. The summed E-state index contributed by atoms with van der Waals surface area (Å²) >= 11 is 0. The van der Waals surface area contributed by atoms with Gasteiger partial charge in [-0.3, -0.25) is 4.99 Å². The molecule has 0 radical (unpaired) electrons. The molecule has 1 nitrogen and oxygen atoms in total. The van der Waals surface area contributed by atoms with Gasteiger partial charge in [-0.2, -0.15) is 30.7 Å². The lowest BCUT2D eigenvalue weighted by Gasteiger charge is -2.29. The molecule has 0 N–H and O–H groups in total. The molecule has 0 amide bonds. The molecular formula is C11H7F8N. The zero-order valence-corrected chi connectivity index (χ0v) is 9.78. The van der Waals surface area contributed by atoms with Gasteiger partial charge in [-0.05, 0) is 12.1 Å². The van der Waals surface area contributed by atoms with E-state index in [-0.39, 0.29) is 0 Å². The predicted molar refractivity (Wildman–Crippen MR) is 54.8 cm³/mol. The Morgan fingerprint density at radius 3 is 1.70 bits per heavy atom. The van der Waals surface area contributed by atoms with Gasteiger partial charge in [0.1, 0.15) is 11.5 Å². The molecule has 0 bridgehead atoms. The summed E-state index contributed by atoms with van der Waals surface area (Å²) in [6, 6.07) is 2.56. The minimum Gasteiger partial charge on any atom is -0.286 e. The SMILES string of the molecule is CN=C(c1ccc(F)cc1)C(F)(F)C(F)(F)C(F)(F)F. The Labute approximate surface area is 107 Å². The van der Waals surface area contributed by atoms with Crippen molar-refractivity contribution in [1.82, 2.24) is 0 Å². The zero-order chi connectivity index (χ0) is 15.8. The molecule has 9 heteroatoms. The molecule has 0 heterocycles. The predicted octanol–water partition coefficient (Wildman–Crippen LogP) is 4.08. The first-order valence-electron chi connectivity index (χ1n) is 5.00. The Morgan fingerprint density at radius 2 is 1.35 bits per heavy atom. The van der Waals surface area contributed by atoms with Gasteiger partial charge in [0.15, 0.2) is 0 Å². The monoisotopic (exact) mass is 305 g/mol. The Bertz CT molecular complexity index is 500. The van der Waals surface area contributed by atoms with Crippen LogP contribution in [0.2, 0.25) is 0 Å². The summed E-state index contributed by atoms with van der Waals surface area (Å²) in [6.45, 7) is 0. The number of alkyl halides is 7. The third-order valence-electron chi connectivity index (χ3n) is 2.39. The number of aliphatic imine (C=N–C) groups is 1. The van der Waals surface area contributed by atoms with E-state index in [2.05, 4.69) is 4.99 Å². The molecule has 0 saturated carbocycles. The molecule has 0 aliphatic carbocycles. The minimum atomic E-state index is -6.45. The van der Waals surface area contributed by atoms with Gasteiger partial charge in [0.2, 0.25) is 0 Å². The fraction of sp³-hybridized carbons (Fsp3) is 0.364. The van der Waals surface area contributed by atoms with Gasteiger partial charge < -0.3 is 0 Å². The van der Waals surface area contributed by atoms with Crippen molar-refractivity contribution < 1.29 is 35.1 Å². The van der Waals surface area contributed by atoms with Crippen LogP contribution in [0.1, 0.15) is 5.56 Å². The molecule has 0 fully saturated rings. The lowest BCUT2D eigenvalue weighted by molar-refractivity contribution is -0.336. The van der Waals surface area contributed by atoms with Gasteiger partial charge in [0, 0.05) is 12.6 Å². The minimum absolute atomic E-state index is 0.637. The molecule has 0 aliphatic rings. The number of hydrogen-bond acceptors (Lipinski definition) is 1. The maximum absolute atomic E-state index is 13.5. The van der Waals surface area contributed by atoms with Crippen molar-refractivity contribution >= 4 is 5.71 Å². The van der Waals surface area contributed by atoms with Crippen molar-refractivity contribution in [1.29, 1.82) is 0 Å². The van der Waals surface area contributed by atoms with E-state index in [9.17, 15) is 35.1 Å². The molecule has 0 spiro atoms. The van der Waals surface area contributed by atoms with Crippen molar-refractivity contribution in [3.8, 4) is 0 Å². The molecular weight excluding hydrogens is 298 g/mol. The van der Waals surface area contributed by atoms with E-state index in [1.807, 2.05) is 0 Å². The highest BCUT2D eigenvalue weighted by molar-refractivity contribution is 6.06. The summed E-state index contributed by atoms with van der Waals surface area (Å²) in [4.78, 5) is 2.80. The molecule has 0 atom stereocenters. The van der Waals surface area contributed by atoms with Gasteiger partial charge in [0.25, 0.3) is 0 Å². The highest BCUT2D eigenvalue weighted by Gasteiger charge is 2.74. The van der Waals surface area contributed by atoms with E-state index < -0.39 is 35.1 Å². The van der Waals surface area contributed by atoms with Crippen LogP contribution in [0.15, 0.2) is 29.3 Å². The van der Waals surface area contributed by atoms with E-state index in [0.717, 1.165) is 0 Å². The first-order valence-corrected chi connectivity index (χ1v) is 5.00. The molecule has 1 rings (SSSR count). The van der Waals surface area contributed by atoms with Gasteiger partial charge in [0.05, 0.1) is 0 Å². The molecule has 0 saturated heterocycles. The fourth-order valence-electron chi connectivity index (χ4n) is 1.39. The van der Waals surface area contributed by atoms with Crippen LogP contribution in [0, 0.1) is 5.82 Å². The van der Waals surface area contributed by atoms with E-state index in [1.54, 1.807) is 0 Å². The van der Waals surface area contributed by atoms with Crippen LogP contribution in [-0.2, 0) is 0 Å². The van der Waals surface area contributed by atoms with Crippen LogP contribution in [0.3, 0.4) is 0 Å². The van der Waals surface area contributed by atoms with Crippen molar-refractivity contribution in [3.63, 3.8) is 0 Å². The average molecular weight is 305 g/mol. The number of rotatable bonds is 3. The summed E-state index contributed by atoms with van der Waals surface area (Å²) < 4.78 is 101. The largest absolute Gasteiger partial charge is 0.460 e. The maximum atomic E-state index is 13.5. The normalized spacial score (nSPS) is 14.6. The lowest BCUT2D eigenvalue weighted by atomic mass is 9.99. The summed E-state index contributed by atoms with van der Waals surface area (Å²) in [5.41, 5.74) is -2.51. The first kappa shape index (κ1) is 16.4. The molecule has 0 aromatic heterocycles. The van der Waals surface area contributed by atoms with Crippen LogP contribution in [0.5, 0.6) is 0 Å². The standard InChI is InChI=1S/C11H7F8N/c1-20-8(6-2-4-7(12)5-3-6)9(13,14)10(15,16)11(17,18)19/h2-5H,1H3. The fourth-order valence-corrected chi connectivity index (χ4v) is 1.39. The number of halogens is 8. The summed E-state index contributed by atoms with van der Waals surface area (Å²) in [7, 11) is 0.638. The molecule has 20 heavy (non-hydrogen) atoms. The van der Waals surface area contributed by atoms with E-state index >= 15 is 0 Å². The number of hydrogen-bond donors (Lipinski definition) is 0. The smallest absolute Gasteiger partial charge is 0.286 e. The first-order chi connectivity index (χ1) is 8.95. The molecule has 0 aliphatic heterocycles. The van der Waals surface area contributed by atoms with Gasteiger partial charge in [-0.1, -0.05) is 12.1 Å².